The van der Waals surface area contributed by atoms with E-state index in [1.165, 1.54) is 0 Å². The van der Waals surface area contributed by atoms with Gasteiger partial charge in [0.15, 0.2) is 0 Å². The second kappa shape index (κ2) is 7.32. The zero-order valence-corrected chi connectivity index (χ0v) is 17.1. The number of hydrogen-bond donors (Lipinski definition) is 0. The molecule has 1 unspecified atom stereocenters. The third-order valence-corrected chi connectivity index (χ3v) is 5.41. The van der Waals surface area contributed by atoms with Crippen molar-refractivity contribution in [3.8, 4) is 6.07 Å². The number of nitrogens with zero attached hydrogens (tertiary/aromatic N) is 4. The lowest BCUT2D eigenvalue weighted by atomic mass is 9.79. The van der Waals surface area contributed by atoms with Crippen molar-refractivity contribution in [3.05, 3.63) is 22.8 Å². The number of nitriles is 1. The fourth-order valence-corrected chi connectivity index (χ4v) is 3.35. The molecule has 2 heterocycles. The Hall–Kier alpha value is -2.00. The average Bonchev–Trinajstić information content (AvgIpc) is 2.55. The van der Waals surface area contributed by atoms with Gasteiger partial charge in [-0.1, -0.05) is 18.5 Å². The summed E-state index contributed by atoms with van der Waals surface area (Å²) in [6, 6.07) is 5.48. The SMILES string of the molecule is CC1CCN(C(=O)OC(C)(C)C)C[C@]1(C)N(C)c1ccc(C#N)c(Cl)n1. The number of piperidine rings is 1. The summed E-state index contributed by atoms with van der Waals surface area (Å²) in [7, 11) is 1.94. The molecule has 1 aliphatic rings. The lowest BCUT2D eigenvalue weighted by Crippen LogP contribution is -2.61. The van der Waals surface area contributed by atoms with E-state index in [1.54, 1.807) is 17.0 Å². The molecule has 1 amide bonds. The van der Waals surface area contributed by atoms with Gasteiger partial charge in [0, 0.05) is 20.1 Å². The number of ether oxygens (including phenoxy) is 1. The van der Waals surface area contributed by atoms with E-state index in [0.717, 1.165) is 6.42 Å². The number of anilines is 1. The van der Waals surface area contributed by atoms with E-state index in [-0.39, 0.29) is 16.8 Å². The molecule has 0 aliphatic carbocycles. The van der Waals surface area contributed by atoms with Crippen LogP contribution >= 0.6 is 11.6 Å². The highest BCUT2D eigenvalue weighted by molar-refractivity contribution is 6.30. The maximum absolute atomic E-state index is 12.5. The zero-order valence-electron chi connectivity index (χ0n) is 16.3. The van der Waals surface area contributed by atoms with Crippen molar-refractivity contribution in [2.75, 3.05) is 25.0 Å². The first-order chi connectivity index (χ1) is 12.0. The second-order valence-electron chi connectivity index (χ2n) is 8.13. The number of carbonyl (C=O) groups is 1. The first kappa shape index (κ1) is 20.3. The summed E-state index contributed by atoms with van der Waals surface area (Å²) in [4.78, 5) is 20.7. The normalized spacial score (nSPS) is 23.3. The lowest BCUT2D eigenvalue weighted by molar-refractivity contribution is 0.00864. The van der Waals surface area contributed by atoms with Crippen molar-refractivity contribution in [2.45, 2.75) is 52.2 Å². The van der Waals surface area contributed by atoms with E-state index in [0.29, 0.717) is 30.4 Å². The molecule has 142 valence electrons. The van der Waals surface area contributed by atoms with E-state index in [1.807, 2.05) is 38.8 Å². The fraction of sp³-hybridized carbons (Fsp3) is 0.632. The Morgan fingerprint density at radius 2 is 2.15 bits per heavy atom. The lowest BCUT2D eigenvalue weighted by Gasteiger charge is -2.50. The minimum atomic E-state index is -0.523. The Labute approximate surface area is 160 Å². The number of pyridine rings is 1. The van der Waals surface area contributed by atoms with Crippen LogP contribution in [0.2, 0.25) is 5.15 Å². The third kappa shape index (κ3) is 4.21. The van der Waals surface area contributed by atoms with Crippen LogP contribution in [0.1, 0.15) is 46.6 Å². The number of hydrogen-bond acceptors (Lipinski definition) is 5. The van der Waals surface area contributed by atoms with Gasteiger partial charge >= 0.3 is 6.09 Å². The molecule has 0 aromatic carbocycles. The Morgan fingerprint density at radius 1 is 1.50 bits per heavy atom. The van der Waals surface area contributed by atoms with Gasteiger partial charge in [0.2, 0.25) is 0 Å². The summed E-state index contributed by atoms with van der Waals surface area (Å²) in [5, 5.41) is 9.22. The number of rotatable bonds is 2. The molecule has 0 N–H and O–H groups in total. The zero-order chi connectivity index (χ0) is 19.7. The van der Waals surface area contributed by atoms with Crippen LogP contribution in [0.3, 0.4) is 0 Å². The quantitative estimate of drug-likeness (QED) is 0.725. The predicted molar refractivity (Wildman–Crippen MR) is 102 cm³/mol. The van der Waals surface area contributed by atoms with Gasteiger partial charge in [-0.05, 0) is 52.2 Å². The first-order valence-corrected chi connectivity index (χ1v) is 9.14. The third-order valence-electron chi connectivity index (χ3n) is 5.12. The molecule has 0 radical (unpaired) electrons. The summed E-state index contributed by atoms with van der Waals surface area (Å²) in [5.74, 6) is 1.01. The van der Waals surface area contributed by atoms with Gasteiger partial charge in [0.25, 0.3) is 0 Å². The smallest absolute Gasteiger partial charge is 0.410 e. The topological polar surface area (TPSA) is 69.5 Å². The largest absolute Gasteiger partial charge is 0.444 e. The highest BCUT2D eigenvalue weighted by atomic mass is 35.5. The van der Waals surface area contributed by atoms with Crippen molar-refractivity contribution in [2.24, 2.45) is 5.92 Å². The van der Waals surface area contributed by atoms with E-state index in [4.69, 9.17) is 21.6 Å². The molecular weight excluding hydrogens is 352 g/mol. The van der Waals surface area contributed by atoms with Gasteiger partial charge in [0.1, 0.15) is 22.6 Å². The van der Waals surface area contributed by atoms with Gasteiger partial charge in [-0.3, -0.25) is 0 Å². The summed E-state index contributed by atoms with van der Waals surface area (Å²) in [6.45, 7) is 11.1. The molecule has 1 aliphatic heterocycles. The van der Waals surface area contributed by atoms with Crippen LogP contribution in [0.4, 0.5) is 10.6 Å². The van der Waals surface area contributed by atoms with E-state index < -0.39 is 5.60 Å². The maximum atomic E-state index is 12.5. The van der Waals surface area contributed by atoms with Crippen LogP contribution < -0.4 is 4.90 Å². The molecular formula is C19H27ClN4O2. The molecule has 1 aromatic heterocycles. The number of likely N-dealkylation sites (N-methyl/N-ethyl adjacent to an activating group) is 1. The molecule has 1 fully saturated rings. The maximum Gasteiger partial charge on any atom is 0.410 e. The van der Waals surface area contributed by atoms with Crippen molar-refractivity contribution in [1.29, 1.82) is 5.26 Å². The molecule has 0 saturated carbocycles. The summed E-state index contributed by atoms with van der Waals surface area (Å²) >= 11 is 6.10. The number of carbonyl (C=O) groups excluding carboxylic acids is 1. The molecule has 2 atom stereocenters. The summed E-state index contributed by atoms with van der Waals surface area (Å²) in [6.07, 6.45) is 0.569. The van der Waals surface area contributed by atoms with Crippen molar-refractivity contribution in [1.82, 2.24) is 9.88 Å². The second-order valence-corrected chi connectivity index (χ2v) is 8.49. The molecule has 1 saturated heterocycles. The monoisotopic (exact) mass is 378 g/mol. The highest BCUT2D eigenvalue weighted by Crippen LogP contribution is 2.35. The molecule has 26 heavy (non-hydrogen) atoms. The van der Waals surface area contributed by atoms with E-state index in [2.05, 4.69) is 18.8 Å². The van der Waals surface area contributed by atoms with Crippen molar-refractivity contribution >= 4 is 23.5 Å². The molecule has 7 heteroatoms. The van der Waals surface area contributed by atoms with Crippen LogP contribution in [0.5, 0.6) is 0 Å². The van der Waals surface area contributed by atoms with Crippen LogP contribution in [0.25, 0.3) is 0 Å². The van der Waals surface area contributed by atoms with Gasteiger partial charge in [-0.2, -0.15) is 5.26 Å². The van der Waals surface area contributed by atoms with E-state index in [9.17, 15) is 4.79 Å². The highest BCUT2D eigenvalue weighted by Gasteiger charge is 2.43. The van der Waals surface area contributed by atoms with Gasteiger partial charge in [-0.15, -0.1) is 0 Å². The Kier molecular flexibility index (Phi) is 5.72. The Bertz CT molecular complexity index is 725. The number of likely N-dealkylation sites (tertiary alicyclic amines) is 1. The van der Waals surface area contributed by atoms with Gasteiger partial charge in [0.05, 0.1) is 11.1 Å². The van der Waals surface area contributed by atoms with Gasteiger partial charge in [-0.25, -0.2) is 9.78 Å². The number of amides is 1. The molecule has 1 aromatic rings. The van der Waals surface area contributed by atoms with Crippen molar-refractivity contribution in [3.63, 3.8) is 0 Å². The minimum Gasteiger partial charge on any atom is -0.444 e. The van der Waals surface area contributed by atoms with Crippen LogP contribution in [0.15, 0.2) is 12.1 Å². The standard InChI is InChI=1S/C19H27ClN4O2/c1-13-9-10-24(17(25)26-18(2,3)4)12-19(13,5)23(6)15-8-7-14(11-21)16(20)22-15/h7-8,13H,9-10,12H2,1-6H3/t13?,19-/m0/s1. The van der Waals surface area contributed by atoms with Crippen LogP contribution in [-0.4, -0.2) is 47.3 Å². The average molecular weight is 379 g/mol. The molecule has 2 rings (SSSR count). The summed E-state index contributed by atoms with van der Waals surface area (Å²) in [5.41, 5.74) is -0.509. The Balaban J connectivity index is 2.25. The molecule has 0 bridgehead atoms. The van der Waals surface area contributed by atoms with Crippen molar-refractivity contribution < 1.29 is 9.53 Å². The number of halogens is 1. The van der Waals surface area contributed by atoms with Gasteiger partial charge < -0.3 is 14.5 Å². The first-order valence-electron chi connectivity index (χ1n) is 8.76. The summed E-state index contributed by atoms with van der Waals surface area (Å²) < 4.78 is 5.54. The molecule has 6 nitrogen and oxygen atoms in total. The fourth-order valence-electron chi connectivity index (χ4n) is 3.16. The Morgan fingerprint density at radius 3 is 2.69 bits per heavy atom. The predicted octanol–water partition coefficient (Wildman–Crippen LogP) is 4.08. The minimum absolute atomic E-state index is 0.188. The number of aromatic nitrogens is 1. The van der Waals surface area contributed by atoms with Crippen LogP contribution in [0, 0.1) is 17.2 Å². The molecule has 0 spiro atoms. The van der Waals surface area contributed by atoms with Crippen LogP contribution in [-0.2, 0) is 4.74 Å². The van der Waals surface area contributed by atoms with E-state index >= 15 is 0 Å².